The first-order valence-corrected chi connectivity index (χ1v) is 18.5. The largest absolute Gasteiger partial charge is 0.493 e. The van der Waals surface area contributed by atoms with Crippen molar-refractivity contribution in [3.05, 3.63) is 75.7 Å². The van der Waals surface area contributed by atoms with Gasteiger partial charge in [0.2, 0.25) is 5.60 Å². The van der Waals surface area contributed by atoms with E-state index in [2.05, 4.69) is 4.98 Å². The highest BCUT2D eigenvalue weighted by Gasteiger charge is 2.56. The second kappa shape index (κ2) is 16.6. The van der Waals surface area contributed by atoms with Crippen molar-refractivity contribution in [2.45, 2.75) is 94.3 Å². The first-order valence-electron chi connectivity index (χ1n) is 17.6. The summed E-state index contributed by atoms with van der Waals surface area (Å²) < 4.78 is 95.3. The van der Waals surface area contributed by atoms with Gasteiger partial charge in [-0.15, -0.1) is 11.3 Å². The maximum absolute atomic E-state index is 14.9. The third-order valence-electron chi connectivity index (χ3n) is 9.87. The summed E-state index contributed by atoms with van der Waals surface area (Å²) in [6, 6.07) is 7.08. The number of pyridine rings is 1. The molecule has 54 heavy (non-hydrogen) atoms. The van der Waals surface area contributed by atoms with Gasteiger partial charge >= 0.3 is 18.3 Å². The predicted octanol–water partition coefficient (Wildman–Crippen LogP) is 7.55. The number of unbranched alkanes of at least 4 members (excludes halogenated alkanes) is 1. The molecule has 2 aliphatic rings. The van der Waals surface area contributed by atoms with E-state index < -0.39 is 63.4 Å². The fourth-order valence-electron chi connectivity index (χ4n) is 7.26. The molecule has 0 aliphatic carbocycles. The van der Waals surface area contributed by atoms with Gasteiger partial charge in [-0.05, 0) is 50.7 Å². The Morgan fingerprint density at radius 3 is 2.37 bits per heavy atom. The Balaban J connectivity index is 1.46. The number of piperidine rings is 2. The van der Waals surface area contributed by atoms with E-state index in [9.17, 15) is 45.8 Å². The Kier molecular flexibility index (Phi) is 12.5. The zero-order valence-electron chi connectivity index (χ0n) is 29.4. The minimum absolute atomic E-state index is 0.0109. The molecule has 294 valence electrons. The summed E-state index contributed by atoms with van der Waals surface area (Å²) in [5.41, 5.74) is -4.91. The number of carbonyl (C=O) groups excluding carboxylic acids is 2. The normalized spacial score (nSPS) is 20.4. The summed E-state index contributed by atoms with van der Waals surface area (Å²) in [5, 5.41) is 21.9. The summed E-state index contributed by atoms with van der Waals surface area (Å²) in [6.07, 6.45) is -6.51. The minimum atomic E-state index is -4.90. The van der Waals surface area contributed by atoms with E-state index in [1.807, 2.05) is 0 Å². The van der Waals surface area contributed by atoms with Gasteiger partial charge < -0.3 is 29.5 Å². The second-order valence-electron chi connectivity index (χ2n) is 13.5. The molecule has 10 nitrogen and oxygen atoms in total. The number of alkyl halides is 6. The molecule has 0 bridgehead atoms. The smallest absolute Gasteiger partial charge is 0.425 e. The van der Waals surface area contributed by atoms with Crippen LogP contribution in [-0.2, 0) is 27.5 Å². The van der Waals surface area contributed by atoms with Crippen LogP contribution in [0, 0.1) is 0 Å². The summed E-state index contributed by atoms with van der Waals surface area (Å²) in [6.45, 7) is 1.85. The van der Waals surface area contributed by atoms with Crippen molar-refractivity contribution in [3.8, 4) is 11.5 Å². The lowest BCUT2D eigenvalue weighted by atomic mass is 9.78. The molecule has 0 saturated carbocycles. The number of aliphatic carboxylic acids is 1. The number of amides is 2. The highest BCUT2D eigenvalue weighted by molar-refractivity contribution is 7.10. The maximum Gasteiger partial charge on any atom is 0.425 e. The van der Waals surface area contributed by atoms with Crippen LogP contribution in [0.15, 0.2) is 54.2 Å². The first kappa shape index (κ1) is 40.8. The molecule has 1 aromatic carbocycles. The fourth-order valence-corrected chi connectivity index (χ4v) is 7.93. The topological polar surface area (TPSA) is 130 Å². The summed E-state index contributed by atoms with van der Waals surface area (Å²) in [7, 11) is 0. The number of aliphatic hydroxyl groups is 1. The number of para-hydroxylation sites is 1. The third-order valence-corrected chi connectivity index (χ3v) is 10.8. The number of benzene rings is 1. The van der Waals surface area contributed by atoms with Crippen molar-refractivity contribution in [1.82, 2.24) is 14.8 Å². The van der Waals surface area contributed by atoms with Crippen LogP contribution in [0.1, 0.15) is 91.1 Å². The van der Waals surface area contributed by atoms with Gasteiger partial charge in [0.25, 0.3) is 11.8 Å². The molecule has 4 heterocycles. The van der Waals surface area contributed by atoms with Gasteiger partial charge in [0.05, 0.1) is 29.4 Å². The van der Waals surface area contributed by atoms with Crippen LogP contribution in [0.4, 0.5) is 26.3 Å². The summed E-state index contributed by atoms with van der Waals surface area (Å²) in [5.74, 6) is -2.49. The molecular formula is C37H41F6N3O7S. The summed E-state index contributed by atoms with van der Waals surface area (Å²) >= 11 is 0.363. The van der Waals surface area contributed by atoms with Crippen molar-refractivity contribution in [2.75, 3.05) is 26.2 Å². The number of hydrogen-bond acceptors (Lipinski definition) is 8. The van der Waals surface area contributed by atoms with Crippen LogP contribution in [0.5, 0.6) is 11.5 Å². The van der Waals surface area contributed by atoms with Gasteiger partial charge in [-0.3, -0.25) is 19.4 Å². The molecular weight excluding hydrogens is 744 g/mol. The van der Waals surface area contributed by atoms with Gasteiger partial charge in [-0.1, -0.05) is 31.5 Å². The maximum atomic E-state index is 14.9. The van der Waals surface area contributed by atoms with E-state index in [1.54, 1.807) is 31.2 Å². The number of ether oxygens (including phenoxy) is 2. The van der Waals surface area contributed by atoms with E-state index in [1.165, 1.54) is 4.90 Å². The number of aromatic nitrogens is 1. The van der Waals surface area contributed by atoms with Gasteiger partial charge in [0, 0.05) is 61.9 Å². The monoisotopic (exact) mass is 785 g/mol. The molecule has 2 N–H and O–H groups in total. The number of thiophene rings is 1. The van der Waals surface area contributed by atoms with Gasteiger partial charge in [-0.2, -0.15) is 26.3 Å². The molecule has 2 fully saturated rings. The average Bonchev–Trinajstić information content (AvgIpc) is 3.61. The van der Waals surface area contributed by atoms with Crippen LogP contribution in [0.25, 0.3) is 0 Å². The third kappa shape index (κ3) is 8.94. The lowest BCUT2D eigenvalue weighted by Crippen LogP contribution is -2.68. The SMILES string of the molecule is CCC[C@H]1N(C(=O)c2cnccc2C(F)(F)F)CCC[C@@]1(Oc1csc(C(F)(F)F)c1)C(=O)N1CCC(O)(c2ccccc2OCCCCC(=O)O)CC1. The van der Waals surface area contributed by atoms with Crippen molar-refractivity contribution in [1.29, 1.82) is 0 Å². The van der Waals surface area contributed by atoms with E-state index in [0.29, 0.717) is 48.0 Å². The zero-order chi connectivity index (χ0) is 39.3. The number of carbonyl (C=O) groups is 3. The molecule has 2 aliphatic heterocycles. The number of nitrogens with zero attached hydrogens (tertiary/aromatic N) is 3. The van der Waals surface area contributed by atoms with Crippen LogP contribution in [-0.4, -0.2) is 80.7 Å². The molecule has 2 aromatic heterocycles. The average molecular weight is 786 g/mol. The molecule has 0 unspecified atom stereocenters. The Morgan fingerprint density at radius 1 is 1.00 bits per heavy atom. The Bertz CT molecular complexity index is 1790. The molecule has 0 spiro atoms. The Hall–Kier alpha value is -4.38. The molecule has 17 heteroatoms. The number of hydrogen-bond donors (Lipinski definition) is 2. The quantitative estimate of drug-likeness (QED) is 0.134. The van der Waals surface area contributed by atoms with Crippen molar-refractivity contribution in [3.63, 3.8) is 0 Å². The lowest BCUT2D eigenvalue weighted by molar-refractivity contribution is -0.163. The lowest BCUT2D eigenvalue weighted by Gasteiger charge is -2.51. The second-order valence-corrected chi connectivity index (χ2v) is 14.4. The standard InChI is InChI=1S/C37H41F6N3O7S/c1-2-8-29-35(53-24-21-30(54-23-24)37(41,42)43,13-7-17-46(29)32(49)25-22-44-16-12-26(25)36(38,39)40)33(50)45-18-14-34(51,15-19-45)27-9-3-4-10-28(27)52-20-6-5-11-31(47)48/h3-4,9-10,12,16,21-23,29,51H,2,5-8,11,13-15,17-20H2,1H3,(H,47,48)/t29-,35+/m1/s1. The van der Waals surface area contributed by atoms with E-state index in [0.717, 1.165) is 28.7 Å². The molecule has 3 aromatic rings. The number of halogens is 6. The highest BCUT2D eigenvalue weighted by atomic mass is 32.1. The minimum Gasteiger partial charge on any atom is -0.493 e. The van der Waals surface area contributed by atoms with Gasteiger partial charge in [0.15, 0.2) is 0 Å². The molecule has 2 amide bonds. The number of carboxylic acid groups (broad SMARTS) is 1. The van der Waals surface area contributed by atoms with Gasteiger partial charge in [0.1, 0.15) is 16.4 Å². The Morgan fingerprint density at radius 2 is 1.72 bits per heavy atom. The van der Waals surface area contributed by atoms with Crippen molar-refractivity contribution in [2.24, 2.45) is 0 Å². The first-order chi connectivity index (χ1) is 25.5. The number of carboxylic acids is 1. The van der Waals surface area contributed by atoms with Gasteiger partial charge in [-0.25, -0.2) is 0 Å². The number of likely N-dealkylation sites (tertiary alicyclic amines) is 2. The van der Waals surface area contributed by atoms with Crippen LogP contribution >= 0.6 is 11.3 Å². The zero-order valence-corrected chi connectivity index (χ0v) is 30.2. The predicted molar refractivity (Wildman–Crippen MR) is 184 cm³/mol. The van der Waals surface area contributed by atoms with Crippen molar-refractivity contribution >= 4 is 29.1 Å². The molecule has 2 atom stereocenters. The molecule has 5 rings (SSSR count). The van der Waals surface area contributed by atoms with Crippen LogP contribution in [0.2, 0.25) is 0 Å². The van der Waals surface area contributed by atoms with Crippen molar-refractivity contribution < 1.29 is 60.4 Å². The molecule has 0 radical (unpaired) electrons. The molecule has 2 saturated heterocycles. The van der Waals surface area contributed by atoms with E-state index in [-0.39, 0.29) is 70.5 Å². The fraction of sp³-hybridized carbons (Fsp3) is 0.514. The van der Waals surface area contributed by atoms with E-state index in [4.69, 9.17) is 14.6 Å². The highest BCUT2D eigenvalue weighted by Crippen LogP contribution is 2.44. The number of rotatable bonds is 13. The van der Waals surface area contributed by atoms with Crippen LogP contribution < -0.4 is 9.47 Å². The summed E-state index contributed by atoms with van der Waals surface area (Å²) in [4.78, 5) is 45.1. The van der Waals surface area contributed by atoms with Crippen LogP contribution in [0.3, 0.4) is 0 Å². The van der Waals surface area contributed by atoms with E-state index >= 15 is 0 Å². The Labute approximate surface area is 311 Å².